The summed E-state index contributed by atoms with van der Waals surface area (Å²) in [7, 11) is 0. The number of carbonyl (C=O) groups is 1. The van der Waals surface area contributed by atoms with Crippen molar-refractivity contribution in [2.45, 2.75) is 6.42 Å². The van der Waals surface area contributed by atoms with Crippen molar-refractivity contribution >= 4 is 22.7 Å². The van der Waals surface area contributed by atoms with Gasteiger partial charge in [-0.15, -0.1) is 0 Å². The molecule has 2 aromatic heterocycles. The predicted molar refractivity (Wildman–Crippen MR) is 135 cm³/mol. The number of furan rings is 1. The number of rotatable bonds is 11. The van der Waals surface area contributed by atoms with Crippen LogP contribution < -0.4 is 11.1 Å². The van der Waals surface area contributed by atoms with E-state index >= 15 is 0 Å². The lowest BCUT2D eigenvalue weighted by atomic mass is 10.1. The van der Waals surface area contributed by atoms with Crippen molar-refractivity contribution < 1.29 is 19.4 Å². The van der Waals surface area contributed by atoms with Crippen LogP contribution in [0.2, 0.25) is 0 Å². The summed E-state index contributed by atoms with van der Waals surface area (Å²) in [5.41, 5.74) is 9.26. The molecule has 5 N–H and O–H groups in total. The van der Waals surface area contributed by atoms with Crippen molar-refractivity contribution in [3.63, 3.8) is 0 Å². The fourth-order valence-electron chi connectivity index (χ4n) is 3.83. The van der Waals surface area contributed by atoms with Gasteiger partial charge in [0.25, 0.3) is 5.91 Å². The molecule has 182 valence electrons. The highest BCUT2D eigenvalue weighted by Gasteiger charge is 2.14. The highest BCUT2D eigenvalue weighted by atomic mass is 16.3. The number of nitrogens with zero attached hydrogens (tertiary/aromatic N) is 3. The van der Waals surface area contributed by atoms with Crippen molar-refractivity contribution in [3.05, 3.63) is 66.4 Å². The fourth-order valence-corrected chi connectivity index (χ4v) is 3.83. The first-order valence-electron chi connectivity index (χ1n) is 11.5. The molecule has 2 heterocycles. The second-order valence-corrected chi connectivity index (χ2v) is 8.11. The number of aliphatic hydroxyl groups excluding tert-OH is 2. The molecule has 0 saturated carbocycles. The number of para-hydroxylation sites is 1. The van der Waals surface area contributed by atoms with Crippen LogP contribution in [-0.4, -0.2) is 70.4 Å². The van der Waals surface area contributed by atoms with Gasteiger partial charge in [0.05, 0.1) is 25.1 Å². The number of nitrogen functional groups attached to an aromatic ring is 1. The first-order chi connectivity index (χ1) is 17.1. The first kappa shape index (κ1) is 24.3. The topological polar surface area (TPSA) is 138 Å². The Bertz CT molecular complexity index is 1230. The summed E-state index contributed by atoms with van der Waals surface area (Å²) in [6.07, 6.45) is 2.32. The Morgan fingerprint density at radius 2 is 1.77 bits per heavy atom. The van der Waals surface area contributed by atoms with E-state index in [1.807, 2.05) is 47.4 Å². The zero-order valence-electron chi connectivity index (χ0n) is 19.4. The normalized spacial score (nSPS) is 11.3. The summed E-state index contributed by atoms with van der Waals surface area (Å²) in [5.74, 6) is 0.657. The number of anilines is 1. The Morgan fingerprint density at radius 1 is 1.03 bits per heavy atom. The number of carbonyl (C=O) groups excluding carboxylic acids is 1. The molecule has 0 bridgehead atoms. The number of hydrogen-bond acceptors (Lipinski definition) is 8. The van der Waals surface area contributed by atoms with Crippen molar-refractivity contribution in [1.29, 1.82) is 0 Å². The Hall–Kier alpha value is -3.79. The molecule has 0 aliphatic rings. The number of aliphatic hydroxyl groups is 2. The van der Waals surface area contributed by atoms with Crippen molar-refractivity contribution in [2.75, 3.05) is 45.1 Å². The third-order valence-electron chi connectivity index (χ3n) is 5.67. The lowest BCUT2D eigenvalue weighted by Gasteiger charge is -2.19. The van der Waals surface area contributed by atoms with E-state index in [1.165, 1.54) is 0 Å². The van der Waals surface area contributed by atoms with Crippen LogP contribution in [-0.2, 0) is 0 Å². The van der Waals surface area contributed by atoms with E-state index in [4.69, 9.17) is 20.4 Å². The second-order valence-electron chi connectivity index (χ2n) is 8.11. The SMILES string of the molecule is Nc1ncc(-c2ccc(C(=O)NCCCN(CCO)CCO)cc2)nc1-c1cc2ccccc2o1. The zero-order chi connectivity index (χ0) is 24.6. The molecule has 0 saturated heterocycles. The van der Waals surface area contributed by atoms with Crippen molar-refractivity contribution in [3.8, 4) is 22.7 Å². The smallest absolute Gasteiger partial charge is 0.251 e. The Labute approximate surface area is 203 Å². The summed E-state index contributed by atoms with van der Waals surface area (Å²) < 4.78 is 5.90. The van der Waals surface area contributed by atoms with Gasteiger partial charge >= 0.3 is 0 Å². The maximum Gasteiger partial charge on any atom is 0.251 e. The molecule has 0 unspecified atom stereocenters. The van der Waals surface area contributed by atoms with Crippen LogP contribution in [0.4, 0.5) is 5.82 Å². The second kappa shape index (κ2) is 11.6. The first-order valence-corrected chi connectivity index (χ1v) is 11.5. The van der Waals surface area contributed by atoms with Crippen LogP contribution in [0.5, 0.6) is 0 Å². The predicted octanol–water partition coefficient (Wildman–Crippen LogP) is 2.55. The van der Waals surface area contributed by atoms with Gasteiger partial charge in [0, 0.05) is 36.1 Å². The van der Waals surface area contributed by atoms with E-state index in [1.54, 1.807) is 18.3 Å². The molecular formula is C26H29N5O4. The van der Waals surface area contributed by atoms with Gasteiger partial charge in [0.2, 0.25) is 0 Å². The molecule has 1 amide bonds. The minimum absolute atomic E-state index is 0.0386. The van der Waals surface area contributed by atoms with E-state index in [0.29, 0.717) is 48.9 Å². The Kier molecular flexibility index (Phi) is 8.04. The van der Waals surface area contributed by atoms with Gasteiger partial charge < -0.3 is 25.7 Å². The minimum Gasteiger partial charge on any atom is -0.454 e. The number of aromatic nitrogens is 2. The number of nitrogens with two attached hydrogens (primary N) is 1. The molecule has 0 atom stereocenters. The van der Waals surface area contributed by atoms with Crippen molar-refractivity contribution in [2.24, 2.45) is 0 Å². The summed E-state index contributed by atoms with van der Waals surface area (Å²) in [4.78, 5) is 23.4. The quantitative estimate of drug-likeness (QED) is 0.243. The fraction of sp³-hybridized carbons (Fsp3) is 0.269. The third kappa shape index (κ3) is 6.02. The summed E-state index contributed by atoms with van der Waals surface area (Å²) >= 11 is 0. The maximum absolute atomic E-state index is 12.5. The molecule has 0 aliphatic carbocycles. The monoisotopic (exact) mass is 475 g/mol. The van der Waals surface area contributed by atoms with Gasteiger partial charge in [0.1, 0.15) is 11.3 Å². The Balaban J connectivity index is 1.40. The summed E-state index contributed by atoms with van der Waals surface area (Å²) in [6, 6.07) is 16.7. The van der Waals surface area contributed by atoms with Gasteiger partial charge in [-0.1, -0.05) is 30.3 Å². The standard InChI is InChI=1S/C26H29N5O4/c27-25-24(23-16-20-4-1-2-5-22(20)35-23)30-21(17-29-25)18-6-8-19(9-7-18)26(34)28-10-3-11-31(12-14-32)13-15-33/h1-2,4-9,16-17,32-33H,3,10-15H2,(H2,27,29)(H,28,34). The molecule has 4 rings (SSSR count). The average molecular weight is 476 g/mol. The van der Waals surface area contributed by atoms with Crippen LogP contribution in [0.1, 0.15) is 16.8 Å². The Morgan fingerprint density at radius 3 is 2.49 bits per heavy atom. The number of benzene rings is 2. The van der Waals surface area contributed by atoms with Crippen LogP contribution in [0.3, 0.4) is 0 Å². The molecule has 0 radical (unpaired) electrons. The molecule has 35 heavy (non-hydrogen) atoms. The molecule has 0 fully saturated rings. The minimum atomic E-state index is -0.168. The molecule has 4 aromatic rings. The van der Waals surface area contributed by atoms with E-state index in [0.717, 1.165) is 23.0 Å². The van der Waals surface area contributed by atoms with Gasteiger partial charge in [0.15, 0.2) is 11.6 Å². The maximum atomic E-state index is 12.5. The molecule has 9 heteroatoms. The summed E-state index contributed by atoms with van der Waals surface area (Å²) in [5, 5.41) is 22.0. The molecular weight excluding hydrogens is 446 g/mol. The molecule has 0 spiro atoms. The zero-order valence-corrected chi connectivity index (χ0v) is 19.4. The van der Waals surface area contributed by atoms with Gasteiger partial charge in [-0.2, -0.15) is 0 Å². The van der Waals surface area contributed by atoms with Gasteiger partial charge in [-0.3, -0.25) is 9.69 Å². The highest BCUT2D eigenvalue weighted by Crippen LogP contribution is 2.30. The summed E-state index contributed by atoms with van der Waals surface area (Å²) in [6.45, 7) is 2.26. The third-order valence-corrected chi connectivity index (χ3v) is 5.67. The van der Waals surface area contributed by atoms with Crippen LogP contribution >= 0.6 is 0 Å². The average Bonchev–Trinajstić information content (AvgIpc) is 3.31. The van der Waals surface area contributed by atoms with Crippen LogP contribution in [0, 0.1) is 0 Å². The van der Waals surface area contributed by atoms with Crippen molar-refractivity contribution in [1.82, 2.24) is 20.2 Å². The van der Waals surface area contributed by atoms with Gasteiger partial charge in [-0.05, 0) is 37.2 Å². The molecule has 2 aromatic carbocycles. The van der Waals surface area contributed by atoms with Crippen LogP contribution in [0.25, 0.3) is 33.7 Å². The number of nitrogens with one attached hydrogen (secondary N) is 1. The van der Waals surface area contributed by atoms with E-state index < -0.39 is 0 Å². The number of fused-ring (bicyclic) bond motifs is 1. The number of amides is 1. The van der Waals surface area contributed by atoms with E-state index in [9.17, 15) is 4.79 Å². The van der Waals surface area contributed by atoms with Crippen LogP contribution in [0.15, 0.2) is 65.2 Å². The molecule has 0 aliphatic heterocycles. The number of hydrogen-bond donors (Lipinski definition) is 4. The molecule has 9 nitrogen and oxygen atoms in total. The lowest BCUT2D eigenvalue weighted by molar-refractivity contribution is 0.0949. The largest absolute Gasteiger partial charge is 0.454 e. The van der Waals surface area contributed by atoms with E-state index in [-0.39, 0.29) is 24.9 Å². The van der Waals surface area contributed by atoms with E-state index in [2.05, 4.69) is 15.3 Å². The highest BCUT2D eigenvalue weighted by molar-refractivity contribution is 5.94. The van der Waals surface area contributed by atoms with Gasteiger partial charge in [-0.25, -0.2) is 9.97 Å². The lowest BCUT2D eigenvalue weighted by Crippen LogP contribution is -2.33.